The number of hydrogen-bond donors (Lipinski definition) is 2. The van der Waals surface area contributed by atoms with E-state index in [1.165, 1.54) is 30.5 Å². The lowest BCUT2D eigenvalue weighted by Crippen LogP contribution is -2.39. The molecule has 0 bridgehead atoms. The number of rotatable bonds is 6. The van der Waals surface area contributed by atoms with Crippen molar-refractivity contribution in [3.05, 3.63) is 29.8 Å². The quantitative estimate of drug-likeness (QED) is 0.812. The largest absolute Gasteiger partial charge is 0.383 e. The lowest BCUT2D eigenvalue weighted by Gasteiger charge is -2.24. The minimum atomic E-state index is 0.610. The van der Waals surface area contributed by atoms with Crippen molar-refractivity contribution in [2.75, 3.05) is 25.0 Å². The van der Waals surface area contributed by atoms with Crippen molar-refractivity contribution in [2.45, 2.75) is 38.8 Å². The predicted octanol–water partition coefficient (Wildman–Crippen LogP) is 2.78. The maximum absolute atomic E-state index is 5.50. The van der Waals surface area contributed by atoms with Crippen molar-refractivity contribution in [1.82, 2.24) is 5.32 Å². The molecule has 0 saturated carbocycles. The summed E-state index contributed by atoms with van der Waals surface area (Å²) in [7, 11) is 0. The van der Waals surface area contributed by atoms with Gasteiger partial charge in [0.1, 0.15) is 0 Å². The summed E-state index contributed by atoms with van der Waals surface area (Å²) < 4.78 is 5.50. The van der Waals surface area contributed by atoms with Crippen LogP contribution in [0.3, 0.4) is 0 Å². The molecule has 18 heavy (non-hydrogen) atoms. The summed E-state index contributed by atoms with van der Waals surface area (Å²) in [5, 5.41) is 7.11. The molecule has 1 fully saturated rings. The zero-order valence-corrected chi connectivity index (χ0v) is 11.2. The van der Waals surface area contributed by atoms with Crippen molar-refractivity contribution in [3.63, 3.8) is 0 Å². The Kier molecular flexibility index (Phi) is 5.49. The third-order valence-electron chi connectivity index (χ3n) is 3.43. The molecule has 0 spiro atoms. The van der Waals surface area contributed by atoms with Crippen LogP contribution in [-0.4, -0.2) is 25.7 Å². The first kappa shape index (κ1) is 13.4. The van der Waals surface area contributed by atoms with E-state index in [0.29, 0.717) is 12.6 Å². The van der Waals surface area contributed by atoms with Crippen LogP contribution in [-0.2, 0) is 11.3 Å². The second-order valence-corrected chi connectivity index (χ2v) is 4.82. The van der Waals surface area contributed by atoms with Crippen LogP contribution in [0.5, 0.6) is 0 Å². The maximum atomic E-state index is 5.50. The van der Waals surface area contributed by atoms with Crippen molar-refractivity contribution >= 4 is 5.69 Å². The Morgan fingerprint density at radius 2 is 2.22 bits per heavy atom. The van der Waals surface area contributed by atoms with Gasteiger partial charge < -0.3 is 15.4 Å². The molecule has 1 unspecified atom stereocenters. The van der Waals surface area contributed by atoms with Gasteiger partial charge in [0.05, 0.1) is 6.61 Å². The number of ether oxygens (including phenoxy) is 1. The average molecular weight is 248 g/mol. The highest BCUT2D eigenvalue weighted by molar-refractivity contribution is 5.50. The molecule has 2 rings (SSSR count). The van der Waals surface area contributed by atoms with Gasteiger partial charge in [0, 0.05) is 30.4 Å². The Morgan fingerprint density at radius 1 is 1.33 bits per heavy atom. The molecule has 2 N–H and O–H groups in total. The van der Waals surface area contributed by atoms with Crippen LogP contribution in [0.15, 0.2) is 24.3 Å². The molecule has 1 saturated heterocycles. The third-order valence-corrected chi connectivity index (χ3v) is 3.43. The molecule has 1 aromatic rings. The Bertz CT molecular complexity index is 348. The number of para-hydroxylation sites is 1. The van der Waals surface area contributed by atoms with Gasteiger partial charge in [0.15, 0.2) is 0 Å². The van der Waals surface area contributed by atoms with Gasteiger partial charge in [-0.25, -0.2) is 0 Å². The van der Waals surface area contributed by atoms with Crippen LogP contribution < -0.4 is 10.6 Å². The van der Waals surface area contributed by atoms with Crippen molar-refractivity contribution in [2.24, 2.45) is 0 Å². The van der Waals surface area contributed by atoms with E-state index in [9.17, 15) is 0 Å². The van der Waals surface area contributed by atoms with Crippen molar-refractivity contribution < 1.29 is 4.74 Å². The Morgan fingerprint density at radius 3 is 3.00 bits per heavy atom. The van der Waals surface area contributed by atoms with E-state index in [4.69, 9.17) is 4.74 Å². The van der Waals surface area contributed by atoms with Gasteiger partial charge in [-0.1, -0.05) is 24.6 Å². The van der Waals surface area contributed by atoms with Gasteiger partial charge in [-0.15, -0.1) is 0 Å². The minimum Gasteiger partial charge on any atom is -0.383 e. The molecule has 1 heterocycles. The number of benzene rings is 1. The molecular formula is C15H24N2O. The third kappa shape index (κ3) is 4.00. The molecule has 0 aliphatic carbocycles. The number of nitrogens with one attached hydrogen (secondary N) is 2. The molecule has 1 aromatic carbocycles. The van der Waals surface area contributed by atoms with E-state index in [0.717, 1.165) is 19.7 Å². The smallest absolute Gasteiger partial charge is 0.0736 e. The fourth-order valence-corrected chi connectivity index (χ4v) is 2.36. The first-order valence-corrected chi connectivity index (χ1v) is 7.03. The molecular weight excluding hydrogens is 224 g/mol. The van der Waals surface area contributed by atoms with Gasteiger partial charge in [0.25, 0.3) is 0 Å². The lowest BCUT2D eigenvalue weighted by atomic mass is 10.0. The van der Waals surface area contributed by atoms with Gasteiger partial charge >= 0.3 is 0 Å². The first-order chi connectivity index (χ1) is 8.90. The van der Waals surface area contributed by atoms with Gasteiger partial charge in [0.2, 0.25) is 0 Å². The van der Waals surface area contributed by atoms with E-state index < -0.39 is 0 Å². The summed E-state index contributed by atoms with van der Waals surface area (Å²) in [6.07, 6.45) is 3.94. The molecule has 3 heteroatoms. The summed E-state index contributed by atoms with van der Waals surface area (Å²) in [5.41, 5.74) is 2.45. The molecule has 0 amide bonds. The minimum absolute atomic E-state index is 0.610. The lowest BCUT2D eigenvalue weighted by molar-refractivity contribution is 0.134. The monoisotopic (exact) mass is 248 g/mol. The van der Waals surface area contributed by atoms with E-state index in [-0.39, 0.29) is 0 Å². The Hall–Kier alpha value is -1.06. The fraction of sp³-hybridized carbons (Fsp3) is 0.600. The first-order valence-electron chi connectivity index (χ1n) is 7.03. The fourth-order valence-electron chi connectivity index (χ4n) is 2.36. The predicted molar refractivity (Wildman–Crippen MR) is 75.9 cm³/mol. The summed E-state index contributed by atoms with van der Waals surface area (Å²) >= 11 is 0. The van der Waals surface area contributed by atoms with E-state index >= 15 is 0 Å². The highest BCUT2D eigenvalue weighted by Gasteiger charge is 2.12. The van der Waals surface area contributed by atoms with E-state index in [1.807, 2.05) is 6.92 Å². The molecule has 0 aromatic heterocycles. The number of hydrogen-bond acceptors (Lipinski definition) is 3. The normalized spacial score (nSPS) is 19.7. The number of piperidine rings is 1. The molecule has 1 aliphatic rings. The van der Waals surface area contributed by atoms with E-state index in [1.54, 1.807) is 0 Å². The topological polar surface area (TPSA) is 33.3 Å². The van der Waals surface area contributed by atoms with Crippen molar-refractivity contribution in [1.29, 1.82) is 0 Å². The van der Waals surface area contributed by atoms with Crippen LogP contribution >= 0.6 is 0 Å². The second kappa shape index (κ2) is 7.39. The maximum Gasteiger partial charge on any atom is 0.0736 e. The van der Waals surface area contributed by atoms with Crippen LogP contribution in [0, 0.1) is 0 Å². The molecule has 3 nitrogen and oxygen atoms in total. The SMILES string of the molecule is CCOCc1ccccc1NCC1CCCCN1. The van der Waals surface area contributed by atoms with Crippen LogP contribution in [0.25, 0.3) is 0 Å². The molecule has 0 radical (unpaired) electrons. The highest BCUT2D eigenvalue weighted by atomic mass is 16.5. The van der Waals surface area contributed by atoms with Gasteiger partial charge in [-0.2, -0.15) is 0 Å². The Balaban J connectivity index is 1.87. The zero-order chi connectivity index (χ0) is 12.6. The molecule has 100 valence electrons. The number of anilines is 1. The highest BCUT2D eigenvalue weighted by Crippen LogP contribution is 2.17. The summed E-state index contributed by atoms with van der Waals surface area (Å²) in [6.45, 7) is 5.65. The van der Waals surface area contributed by atoms with Crippen LogP contribution in [0.1, 0.15) is 31.7 Å². The summed E-state index contributed by atoms with van der Waals surface area (Å²) in [5.74, 6) is 0. The Labute approximate surface area is 110 Å². The molecule has 1 aliphatic heterocycles. The zero-order valence-electron chi connectivity index (χ0n) is 11.2. The van der Waals surface area contributed by atoms with Gasteiger partial charge in [-0.3, -0.25) is 0 Å². The molecule has 1 atom stereocenters. The average Bonchev–Trinajstić information content (AvgIpc) is 2.45. The van der Waals surface area contributed by atoms with Crippen LogP contribution in [0.2, 0.25) is 0 Å². The second-order valence-electron chi connectivity index (χ2n) is 4.82. The summed E-state index contributed by atoms with van der Waals surface area (Å²) in [4.78, 5) is 0. The standard InChI is InChI=1S/C15H24N2O/c1-2-18-12-13-7-3-4-9-15(13)17-11-14-8-5-6-10-16-14/h3-4,7,9,14,16-17H,2,5-6,8,10-12H2,1H3. The van der Waals surface area contributed by atoms with Crippen LogP contribution in [0.4, 0.5) is 5.69 Å². The van der Waals surface area contributed by atoms with E-state index in [2.05, 4.69) is 34.9 Å². The summed E-state index contributed by atoms with van der Waals surface area (Å²) in [6, 6.07) is 9.02. The van der Waals surface area contributed by atoms with Crippen molar-refractivity contribution in [3.8, 4) is 0 Å². The van der Waals surface area contributed by atoms with Gasteiger partial charge in [-0.05, 0) is 32.4 Å².